The largest absolute Gasteiger partial charge is 0.497 e. The molecule has 2 unspecified atom stereocenters. The van der Waals surface area contributed by atoms with Gasteiger partial charge in [0.1, 0.15) is 5.75 Å². The number of hydrogen-bond acceptors (Lipinski definition) is 3. The number of methoxy groups -OCH3 is 1. The maximum Gasteiger partial charge on any atom is 0.118 e. The molecule has 3 nitrogen and oxygen atoms in total. The Morgan fingerprint density at radius 1 is 1.29 bits per heavy atom. The lowest BCUT2D eigenvalue weighted by atomic mass is 10.0. The van der Waals surface area contributed by atoms with E-state index in [2.05, 4.69) is 48.3 Å². The van der Waals surface area contributed by atoms with Crippen LogP contribution >= 0.6 is 0 Å². The van der Waals surface area contributed by atoms with E-state index in [4.69, 9.17) is 4.74 Å². The number of hydrogen-bond donors (Lipinski definition) is 1. The van der Waals surface area contributed by atoms with Crippen molar-refractivity contribution in [1.82, 2.24) is 10.2 Å². The summed E-state index contributed by atoms with van der Waals surface area (Å²) in [5, 5.41) is 3.66. The fraction of sp³-hybridized carbons (Fsp3) is 0.667. The summed E-state index contributed by atoms with van der Waals surface area (Å²) in [6.07, 6.45) is 5.14. The van der Waals surface area contributed by atoms with E-state index in [-0.39, 0.29) is 0 Å². The average molecular weight is 290 g/mol. The van der Waals surface area contributed by atoms with Gasteiger partial charge in [0, 0.05) is 18.6 Å². The highest BCUT2D eigenvalue weighted by atomic mass is 16.5. The fourth-order valence-electron chi connectivity index (χ4n) is 3.22. The molecular formula is C18H30N2O. The molecule has 0 radical (unpaired) electrons. The molecule has 2 rings (SSSR count). The summed E-state index contributed by atoms with van der Waals surface area (Å²) in [5.74, 6) is 0.935. The van der Waals surface area contributed by atoms with Crippen molar-refractivity contribution >= 4 is 0 Å². The molecule has 1 heterocycles. The summed E-state index contributed by atoms with van der Waals surface area (Å²) in [7, 11) is 1.72. The molecule has 1 aromatic rings. The van der Waals surface area contributed by atoms with Crippen LogP contribution in [0, 0.1) is 0 Å². The lowest BCUT2D eigenvalue weighted by molar-refractivity contribution is 0.182. The van der Waals surface area contributed by atoms with Crippen molar-refractivity contribution < 1.29 is 4.74 Å². The highest BCUT2D eigenvalue weighted by Crippen LogP contribution is 2.16. The number of nitrogens with zero attached hydrogens (tertiary/aromatic N) is 1. The Labute approximate surface area is 129 Å². The van der Waals surface area contributed by atoms with Gasteiger partial charge in [-0.1, -0.05) is 25.5 Å². The third-order valence-corrected chi connectivity index (χ3v) is 4.59. The van der Waals surface area contributed by atoms with Crippen molar-refractivity contribution in [2.45, 2.75) is 51.6 Å². The molecule has 0 spiro atoms. The quantitative estimate of drug-likeness (QED) is 0.835. The molecule has 1 N–H and O–H groups in total. The fourth-order valence-corrected chi connectivity index (χ4v) is 3.22. The Morgan fingerprint density at radius 2 is 2.05 bits per heavy atom. The van der Waals surface area contributed by atoms with E-state index in [0.717, 1.165) is 18.7 Å². The van der Waals surface area contributed by atoms with Crippen LogP contribution in [0.5, 0.6) is 5.75 Å². The zero-order valence-corrected chi connectivity index (χ0v) is 13.8. The summed E-state index contributed by atoms with van der Waals surface area (Å²) < 4.78 is 5.22. The molecule has 1 fully saturated rings. The second kappa shape index (κ2) is 8.40. The molecule has 21 heavy (non-hydrogen) atoms. The number of piperidine rings is 1. The van der Waals surface area contributed by atoms with E-state index in [0.29, 0.717) is 12.1 Å². The summed E-state index contributed by atoms with van der Waals surface area (Å²) in [6, 6.07) is 9.73. The van der Waals surface area contributed by atoms with Gasteiger partial charge < -0.3 is 10.1 Å². The third kappa shape index (κ3) is 5.01. The van der Waals surface area contributed by atoms with E-state index < -0.39 is 0 Å². The van der Waals surface area contributed by atoms with Gasteiger partial charge in [-0.2, -0.15) is 0 Å². The first-order valence-corrected chi connectivity index (χ1v) is 8.33. The minimum absolute atomic E-state index is 0.576. The predicted molar refractivity (Wildman–Crippen MR) is 89.0 cm³/mol. The van der Waals surface area contributed by atoms with Crippen LogP contribution in [0.25, 0.3) is 0 Å². The molecule has 0 bridgehead atoms. The van der Waals surface area contributed by atoms with Gasteiger partial charge in [-0.3, -0.25) is 4.90 Å². The van der Waals surface area contributed by atoms with Crippen LogP contribution in [0.2, 0.25) is 0 Å². The van der Waals surface area contributed by atoms with Crippen molar-refractivity contribution in [3.8, 4) is 5.75 Å². The normalized spacial score (nSPS) is 20.5. The van der Waals surface area contributed by atoms with Crippen LogP contribution in [0.1, 0.15) is 38.7 Å². The van der Waals surface area contributed by atoms with Gasteiger partial charge in [-0.15, -0.1) is 0 Å². The first kappa shape index (κ1) is 16.3. The zero-order chi connectivity index (χ0) is 15.1. The summed E-state index contributed by atoms with van der Waals surface area (Å²) in [6.45, 7) is 8.10. The Morgan fingerprint density at radius 3 is 2.62 bits per heavy atom. The highest BCUT2D eigenvalue weighted by molar-refractivity contribution is 5.27. The maximum absolute atomic E-state index is 5.22. The van der Waals surface area contributed by atoms with Crippen LogP contribution in [0.3, 0.4) is 0 Å². The highest BCUT2D eigenvalue weighted by Gasteiger charge is 2.19. The van der Waals surface area contributed by atoms with Gasteiger partial charge in [-0.25, -0.2) is 0 Å². The second-order valence-corrected chi connectivity index (χ2v) is 6.14. The van der Waals surface area contributed by atoms with E-state index in [1.165, 1.54) is 37.9 Å². The zero-order valence-electron chi connectivity index (χ0n) is 13.8. The van der Waals surface area contributed by atoms with Gasteiger partial charge in [0.25, 0.3) is 0 Å². The Bertz CT molecular complexity index is 398. The van der Waals surface area contributed by atoms with Crippen molar-refractivity contribution in [2.75, 3.05) is 26.7 Å². The van der Waals surface area contributed by atoms with Crippen molar-refractivity contribution in [3.63, 3.8) is 0 Å². The van der Waals surface area contributed by atoms with E-state index >= 15 is 0 Å². The van der Waals surface area contributed by atoms with Gasteiger partial charge in [-0.05, 0) is 57.0 Å². The summed E-state index contributed by atoms with van der Waals surface area (Å²) in [4.78, 5) is 2.60. The predicted octanol–water partition coefficient (Wildman–Crippen LogP) is 3.09. The second-order valence-electron chi connectivity index (χ2n) is 6.14. The molecule has 0 aromatic heterocycles. The van der Waals surface area contributed by atoms with E-state index in [9.17, 15) is 0 Å². The Balaban J connectivity index is 1.87. The molecule has 0 aliphatic carbocycles. The smallest absolute Gasteiger partial charge is 0.118 e. The lowest BCUT2D eigenvalue weighted by Gasteiger charge is -2.34. The Hall–Kier alpha value is -1.06. The van der Waals surface area contributed by atoms with Crippen LogP contribution in [0.15, 0.2) is 24.3 Å². The molecule has 118 valence electrons. The van der Waals surface area contributed by atoms with Crippen LogP contribution in [-0.4, -0.2) is 43.7 Å². The molecular weight excluding hydrogens is 260 g/mol. The first-order chi connectivity index (χ1) is 10.2. The molecule has 1 saturated heterocycles. The molecule has 0 saturated carbocycles. The van der Waals surface area contributed by atoms with Gasteiger partial charge in [0.15, 0.2) is 0 Å². The van der Waals surface area contributed by atoms with Gasteiger partial charge >= 0.3 is 0 Å². The van der Waals surface area contributed by atoms with Crippen LogP contribution in [-0.2, 0) is 6.42 Å². The third-order valence-electron chi connectivity index (χ3n) is 4.59. The molecule has 1 aliphatic heterocycles. The number of nitrogens with one attached hydrogen (secondary N) is 1. The van der Waals surface area contributed by atoms with Crippen molar-refractivity contribution in [2.24, 2.45) is 0 Å². The number of ether oxygens (including phenoxy) is 1. The van der Waals surface area contributed by atoms with Gasteiger partial charge in [0.2, 0.25) is 0 Å². The van der Waals surface area contributed by atoms with E-state index in [1.807, 2.05) is 0 Å². The summed E-state index contributed by atoms with van der Waals surface area (Å²) >= 11 is 0. The monoisotopic (exact) mass is 290 g/mol. The molecule has 2 atom stereocenters. The van der Waals surface area contributed by atoms with Gasteiger partial charge in [0.05, 0.1) is 7.11 Å². The topological polar surface area (TPSA) is 24.5 Å². The first-order valence-electron chi connectivity index (χ1n) is 8.33. The Kier molecular flexibility index (Phi) is 6.52. The molecule has 1 aliphatic rings. The lowest BCUT2D eigenvalue weighted by Crippen LogP contribution is -2.47. The average Bonchev–Trinajstić information content (AvgIpc) is 2.54. The van der Waals surface area contributed by atoms with E-state index in [1.54, 1.807) is 7.11 Å². The molecule has 1 aromatic carbocycles. The van der Waals surface area contributed by atoms with Crippen LogP contribution in [0.4, 0.5) is 0 Å². The number of benzene rings is 1. The number of rotatable bonds is 7. The van der Waals surface area contributed by atoms with Crippen molar-refractivity contribution in [3.05, 3.63) is 29.8 Å². The molecule has 3 heteroatoms. The standard InChI is InChI=1S/C18H30N2O/c1-4-20(14-17-7-5-6-12-19-17)15(2)13-16-8-10-18(21-3)11-9-16/h8-11,15,17,19H,4-7,12-14H2,1-3H3. The minimum atomic E-state index is 0.576. The SMILES string of the molecule is CCN(CC1CCCCN1)C(C)Cc1ccc(OC)cc1. The molecule has 0 amide bonds. The maximum atomic E-state index is 5.22. The van der Waals surface area contributed by atoms with Crippen molar-refractivity contribution in [1.29, 1.82) is 0 Å². The number of likely N-dealkylation sites (N-methyl/N-ethyl adjacent to an activating group) is 1. The summed E-state index contributed by atoms with van der Waals surface area (Å²) in [5.41, 5.74) is 1.39. The van der Waals surface area contributed by atoms with Crippen LogP contribution < -0.4 is 10.1 Å². The minimum Gasteiger partial charge on any atom is -0.497 e.